The van der Waals surface area contributed by atoms with Gasteiger partial charge in [-0.1, -0.05) is 27.5 Å². The van der Waals surface area contributed by atoms with E-state index in [4.69, 9.17) is 22.4 Å². The van der Waals surface area contributed by atoms with Crippen molar-refractivity contribution >= 4 is 50.8 Å². The molecule has 0 aliphatic heterocycles. The molecule has 2 aromatic carbocycles. The number of nitrogens with one attached hydrogen (secondary N) is 1. The molecular formula is C14H10BrClN2O3. The molecule has 0 atom stereocenters. The van der Waals surface area contributed by atoms with Crippen LogP contribution in [-0.2, 0) is 0 Å². The molecule has 2 aromatic rings. The standard InChI is InChI=1S/C14H10BrClN2O3/c15-7-1-3-10(12(17)5-7)13(19)18-8-2-4-9(14(20)21)11(16)6-8/h1-6H,17H2,(H,18,19)(H,20,21). The summed E-state index contributed by atoms with van der Waals surface area (Å²) in [4.78, 5) is 23.0. The number of anilines is 2. The van der Waals surface area contributed by atoms with Crippen LogP contribution in [0.3, 0.4) is 0 Å². The first-order valence-electron chi connectivity index (χ1n) is 5.77. The lowest BCUT2D eigenvalue weighted by atomic mass is 10.1. The number of carbonyl (C=O) groups excluding carboxylic acids is 1. The third kappa shape index (κ3) is 3.53. The van der Waals surface area contributed by atoms with Crippen LogP contribution in [0.15, 0.2) is 40.9 Å². The SMILES string of the molecule is Nc1cc(Br)ccc1C(=O)Nc1ccc(C(=O)O)c(Cl)c1. The Morgan fingerprint density at radius 3 is 2.38 bits per heavy atom. The van der Waals surface area contributed by atoms with Crippen molar-refractivity contribution in [3.05, 3.63) is 57.0 Å². The van der Waals surface area contributed by atoms with Crippen LogP contribution in [0.4, 0.5) is 11.4 Å². The highest BCUT2D eigenvalue weighted by molar-refractivity contribution is 9.10. The number of benzene rings is 2. The predicted molar refractivity (Wildman–Crippen MR) is 84.9 cm³/mol. The molecule has 0 bridgehead atoms. The molecule has 0 saturated heterocycles. The lowest BCUT2D eigenvalue weighted by Gasteiger charge is -2.09. The molecule has 0 radical (unpaired) electrons. The number of hydrogen-bond donors (Lipinski definition) is 3. The monoisotopic (exact) mass is 368 g/mol. The zero-order valence-electron chi connectivity index (χ0n) is 10.6. The third-order valence-corrected chi connectivity index (χ3v) is 3.52. The van der Waals surface area contributed by atoms with Crippen molar-refractivity contribution in [2.45, 2.75) is 0 Å². The number of halogens is 2. The lowest BCUT2D eigenvalue weighted by molar-refractivity contribution is 0.0697. The molecule has 0 aliphatic carbocycles. The van der Waals surface area contributed by atoms with Gasteiger partial charge in [-0.05, 0) is 36.4 Å². The van der Waals surface area contributed by atoms with E-state index in [9.17, 15) is 9.59 Å². The summed E-state index contributed by atoms with van der Waals surface area (Å²) >= 11 is 9.10. The van der Waals surface area contributed by atoms with E-state index in [0.29, 0.717) is 16.9 Å². The molecule has 0 aliphatic rings. The van der Waals surface area contributed by atoms with Crippen molar-refractivity contribution in [3.8, 4) is 0 Å². The molecule has 5 nitrogen and oxygen atoms in total. The number of carboxylic acid groups (broad SMARTS) is 1. The molecule has 2 rings (SSSR count). The molecule has 0 unspecified atom stereocenters. The Hall–Kier alpha value is -2.05. The summed E-state index contributed by atoms with van der Waals surface area (Å²) in [6.07, 6.45) is 0. The molecule has 108 valence electrons. The van der Waals surface area contributed by atoms with Gasteiger partial charge in [0.05, 0.1) is 16.1 Å². The van der Waals surface area contributed by atoms with E-state index in [0.717, 1.165) is 4.47 Å². The minimum Gasteiger partial charge on any atom is -0.478 e. The lowest BCUT2D eigenvalue weighted by Crippen LogP contribution is -2.14. The summed E-state index contributed by atoms with van der Waals surface area (Å²) in [5.74, 6) is -1.53. The number of hydrogen-bond acceptors (Lipinski definition) is 3. The average Bonchev–Trinajstić information content (AvgIpc) is 2.37. The van der Waals surface area contributed by atoms with Crippen molar-refractivity contribution < 1.29 is 14.7 Å². The van der Waals surface area contributed by atoms with Crippen LogP contribution in [0, 0.1) is 0 Å². The Bertz CT molecular complexity index is 734. The molecule has 4 N–H and O–H groups in total. The zero-order valence-corrected chi connectivity index (χ0v) is 12.9. The van der Waals surface area contributed by atoms with E-state index < -0.39 is 11.9 Å². The molecular weight excluding hydrogens is 360 g/mol. The van der Waals surface area contributed by atoms with Crippen molar-refractivity contribution in [2.75, 3.05) is 11.1 Å². The van der Waals surface area contributed by atoms with Crippen LogP contribution < -0.4 is 11.1 Å². The average molecular weight is 370 g/mol. The Balaban J connectivity index is 2.23. The third-order valence-electron chi connectivity index (χ3n) is 2.72. The van der Waals surface area contributed by atoms with Crippen LogP contribution in [0.2, 0.25) is 5.02 Å². The van der Waals surface area contributed by atoms with Crippen molar-refractivity contribution in [1.29, 1.82) is 0 Å². The van der Waals surface area contributed by atoms with Gasteiger partial charge in [-0.2, -0.15) is 0 Å². The predicted octanol–water partition coefficient (Wildman–Crippen LogP) is 3.64. The second kappa shape index (κ2) is 6.15. The fourth-order valence-corrected chi connectivity index (χ4v) is 2.35. The maximum Gasteiger partial charge on any atom is 0.337 e. The van der Waals surface area contributed by atoms with Crippen LogP contribution in [-0.4, -0.2) is 17.0 Å². The number of nitrogen functional groups attached to an aromatic ring is 1. The number of aromatic carboxylic acids is 1. The van der Waals surface area contributed by atoms with Crippen molar-refractivity contribution in [1.82, 2.24) is 0 Å². The van der Waals surface area contributed by atoms with Gasteiger partial charge in [-0.3, -0.25) is 4.79 Å². The van der Waals surface area contributed by atoms with Gasteiger partial charge in [0.25, 0.3) is 5.91 Å². The molecule has 1 amide bonds. The fourth-order valence-electron chi connectivity index (χ4n) is 1.71. The maximum atomic E-state index is 12.1. The summed E-state index contributed by atoms with van der Waals surface area (Å²) in [5, 5.41) is 11.5. The van der Waals surface area contributed by atoms with E-state index in [1.54, 1.807) is 18.2 Å². The van der Waals surface area contributed by atoms with E-state index in [1.165, 1.54) is 18.2 Å². The summed E-state index contributed by atoms with van der Waals surface area (Å²) in [7, 11) is 0. The smallest absolute Gasteiger partial charge is 0.337 e. The van der Waals surface area contributed by atoms with Gasteiger partial charge < -0.3 is 16.2 Å². The Morgan fingerprint density at radius 2 is 1.81 bits per heavy atom. The van der Waals surface area contributed by atoms with Crippen molar-refractivity contribution in [2.24, 2.45) is 0 Å². The fraction of sp³-hybridized carbons (Fsp3) is 0. The number of amides is 1. The molecule has 21 heavy (non-hydrogen) atoms. The van der Waals surface area contributed by atoms with E-state index >= 15 is 0 Å². The van der Waals surface area contributed by atoms with E-state index in [-0.39, 0.29) is 10.6 Å². The molecule has 0 spiro atoms. The highest BCUT2D eigenvalue weighted by atomic mass is 79.9. The number of carbonyl (C=O) groups is 2. The minimum atomic E-state index is -1.13. The van der Waals surface area contributed by atoms with Gasteiger partial charge in [0.1, 0.15) is 0 Å². The minimum absolute atomic E-state index is 0.0298. The molecule has 7 heteroatoms. The second-order valence-corrected chi connectivity index (χ2v) is 5.51. The highest BCUT2D eigenvalue weighted by Gasteiger charge is 2.13. The maximum absolute atomic E-state index is 12.1. The van der Waals surface area contributed by atoms with Crippen LogP contribution >= 0.6 is 27.5 Å². The van der Waals surface area contributed by atoms with Gasteiger partial charge in [0.2, 0.25) is 0 Å². The van der Waals surface area contributed by atoms with Gasteiger partial charge >= 0.3 is 5.97 Å². The first kappa shape index (κ1) is 15.3. The molecule has 0 saturated carbocycles. The van der Waals surface area contributed by atoms with Crippen LogP contribution in [0.1, 0.15) is 20.7 Å². The Labute approximate surface area is 133 Å². The molecule has 0 heterocycles. The van der Waals surface area contributed by atoms with Gasteiger partial charge in [0, 0.05) is 15.8 Å². The van der Waals surface area contributed by atoms with Gasteiger partial charge in [-0.25, -0.2) is 4.79 Å². The summed E-state index contributed by atoms with van der Waals surface area (Å²) in [6, 6.07) is 9.06. The summed E-state index contributed by atoms with van der Waals surface area (Å²) in [5.41, 5.74) is 6.78. The Kier molecular flexibility index (Phi) is 4.50. The van der Waals surface area contributed by atoms with Gasteiger partial charge in [-0.15, -0.1) is 0 Å². The van der Waals surface area contributed by atoms with Crippen molar-refractivity contribution in [3.63, 3.8) is 0 Å². The van der Waals surface area contributed by atoms with Crippen LogP contribution in [0.5, 0.6) is 0 Å². The zero-order chi connectivity index (χ0) is 15.6. The van der Waals surface area contributed by atoms with Crippen LogP contribution in [0.25, 0.3) is 0 Å². The molecule has 0 aromatic heterocycles. The van der Waals surface area contributed by atoms with E-state index in [2.05, 4.69) is 21.2 Å². The highest BCUT2D eigenvalue weighted by Crippen LogP contribution is 2.23. The molecule has 0 fully saturated rings. The number of rotatable bonds is 3. The normalized spacial score (nSPS) is 10.2. The Morgan fingerprint density at radius 1 is 1.14 bits per heavy atom. The quantitative estimate of drug-likeness (QED) is 0.720. The van der Waals surface area contributed by atoms with Gasteiger partial charge in [0.15, 0.2) is 0 Å². The first-order valence-corrected chi connectivity index (χ1v) is 6.95. The summed E-state index contributed by atoms with van der Waals surface area (Å²) in [6.45, 7) is 0. The topological polar surface area (TPSA) is 92.4 Å². The number of nitrogens with two attached hydrogens (primary N) is 1. The van der Waals surface area contributed by atoms with E-state index in [1.807, 2.05) is 0 Å². The second-order valence-electron chi connectivity index (χ2n) is 4.19. The largest absolute Gasteiger partial charge is 0.478 e. The number of carboxylic acids is 1. The summed E-state index contributed by atoms with van der Waals surface area (Å²) < 4.78 is 0.769. The first-order chi connectivity index (χ1) is 9.88.